The molecule has 4 rings (SSSR count). The van der Waals surface area contributed by atoms with Gasteiger partial charge in [-0.3, -0.25) is 9.69 Å². The molecule has 3 aromatic rings. The molecule has 1 saturated heterocycles. The highest BCUT2D eigenvalue weighted by molar-refractivity contribution is 8.19. The molecule has 5 nitrogen and oxygen atoms in total. The third-order valence-corrected chi connectivity index (χ3v) is 6.06. The smallest absolute Gasteiger partial charge is 0.271 e. The number of aryl methyl sites for hydroxylation is 2. The van der Waals surface area contributed by atoms with Crippen LogP contribution in [-0.2, 0) is 4.79 Å². The summed E-state index contributed by atoms with van der Waals surface area (Å²) in [5.74, 6) is 1.13. The molecule has 0 spiro atoms. The number of carbonyl (C=O) groups is 1. The SMILES string of the molecule is CCOc1cccc(/C=C2/SC(=Nc3cccc(C)c3)N(c3cccc(C)c3)C2=O)c1OC. The zero-order valence-electron chi connectivity index (χ0n) is 19.2. The van der Waals surface area contributed by atoms with E-state index >= 15 is 0 Å². The molecule has 1 aliphatic rings. The van der Waals surface area contributed by atoms with E-state index in [0.29, 0.717) is 28.2 Å². The molecule has 0 unspecified atom stereocenters. The zero-order valence-corrected chi connectivity index (χ0v) is 20.0. The molecule has 33 heavy (non-hydrogen) atoms. The number of carbonyl (C=O) groups excluding carboxylic acids is 1. The predicted molar refractivity (Wildman–Crippen MR) is 137 cm³/mol. The lowest BCUT2D eigenvalue weighted by molar-refractivity contribution is -0.113. The summed E-state index contributed by atoms with van der Waals surface area (Å²) in [5, 5.41) is 0.613. The Labute approximate surface area is 198 Å². The van der Waals surface area contributed by atoms with E-state index in [1.807, 2.05) is 93.6 Å². The Bertz CT molecular complexity index is 1250. The fraction of sp³-hybridized carbons (Fsp3) is 0.185. The van der Waals surface area contributed by atoms with Crippen LogP contribution in [-0.4, -0.2) is 24.8 Å². The first-order valence-corrected chi connectivity index (χ1v) is 11.6. The molecule has 0 aliphatic carbocycles. The minimum Gasteiger partial charge on any atom is -0.492 e. The number of hydrogen-bond donors (Lipinski definition) is 0. The number of nitrogens with zero attached hydrogens (tertiary/aromatic N) is 2. The standard InChI is InChI=1S/C27H26N2O3S/c1-5-32-23-14-8-11-20(25(23)31-4)17-24-26(30)29(22-13-7-10-19(3)16-22)27(33-24)28-21-12-6-9-18(2)15-21/h6-17H,5H2,1-4H3/b24-17+,28-27?. The van der Waals surface area contributed by atoms with Gasteiger partial charge in [0.05, 0.1) is 30.0 Å². The van der Waals surface area contributed by atoms with Crippen LogP contribution in [0.4, 0.5) is 11.4 Å². The van der Waals surface area contributed by atoms with Crippen molar-refractivity contribution in [3.05, 3.63) is 88.3 Å². The Morgan fingerprint density at radius 3 is 2.42 bits per heavy atom. The Morgan fingerprint density at radius 2 is 1.73 bits per heavy atom. The lowest BCUT2D eigenvalue weighted by atomic mass is 10.1. The third kappa shape index (κ3) is 4.96. The number of anilines is 1. The first kappa shape index (κ1) is 22.7. The molecule has 0 aromatic heterocycles. The van der Waals surface area contributed by atoms with Crippen molar-refractivity contribution < 1.29 is 14.3 Å². The van der Waals surface area contributed by atoms with Crippen LogP contribution >= 0.6 is 11.8 Å². The number of ether oxygens (including phenoxy) is 2. The molecule has 0 N–H and O–H groups in total. The van der Waals surface area contributed by atoms with Crippen molar-refractivity contribution in [2.45, 2.75) is 20.8 Å². The topological polar surface area (TPSA) is 51.1 Å². The molecule has 1 amide bonds. The molecule has 3 aromatic carbocycles. The quantitative estimate of drug-likeness (QED) is 0.395. The Morgan fingerprint density at radius 1 is 1.00 bits per heavy atom. The molecule has 1 fully saturated rings. The summed E-state index contributed by atoms with van der Waals surface area (Å²) in [6, 6.07) is 21.5. The summed E-state index contributed by atoms with van der Waals surface area (Å²) in [6.45, 7) is 6.49. The van der Waals surface area contributed by atoms with Crippen molar-refractivity contribution in [2.75, 3.05) is 18.6 Å². The molecule has 6 heteroatoms. The maximum absolute atomic E-state index is 13.6. The van der Waals surface area contributed by atoms with Crippen LogP contribution in [0.3, 0.4) is 0 Å². The number of rotatable bonds is 6. The number of amides is 1. The Balaban J connectivity index is 1.80. The van der Waals surface area contributed by atoms with Crippen LogP contribution in [0.15, 0.2) is 76.6 Å². The number of aliphatic imine (C=N–C) groups is 1. The van der Waals surface area contributed by atoms with Crippen LogP contribution in [0.2, 0.25) is 0 Å². The molecule has 0 radical (unpaired) electrons. The summed E-state index contributed by atoms with van der Waals surface area (Å²) >= 11 is 1.35. The summed E-state index contributed by atoms with van der Waals surface area (Å²) in [6.07, 6.45) is 1.84. The van der Waals surface area contributed by atoms with Gasteiger partial charge in [0.15, 0.2) is 16.7 Å². The normalized spacial score (nSPS) is 16.0. The summed E-state index contributed by atoms with van der Waals surface area (Å²) in [7, 11) is 1.60. The van der Waals surface area contributed by atoms with Gasteiger partial charge in [0, 0.05) is 5.56 Å². The van der Waals surface area contributed by atoms with Crippen molar-refractivity contribution in [2.24, 2.45) is 4.99 Å². The summed E-state index contributed by atoms with van der Waals surface area (Å²) < 4.78 is 11.3. The number of para-hydroxylation sites is 1. The van der Waals surface area contributed by atoms with Gasteiger partial charge in [0.2, 0.25) is 0 Å². The average molecular weight is 459 g/mol. The highest BCUT2D eigenvalue weighted by Gasteiger charge is 2.35. The van der Waals surface area contributed by atoms with Gasteiger partial charge in [-0.15, -0.1) is 0 Å². The summed E-state index contributed by atoms with van der Waals surface area (Å²) in [5.41, 5.74) is 4.56. The highest BCUT2D eigenvalue weighted by Crippen LogP contribution is 2.40. The Hall–Kier alpha value is -3.51. The van der Waals surface area contributed by atoms with Gasteiger partial charge in [-0.1, -0.05) is 36.4 Å². The number of methoxy groups -OCH3 is 1. The number of amidine groups is 1. The van der Waals surface area contributed by atoms with E-state index in [-0.39, 0.29) is 5.91 Å². The van der Waals surface area contributed by atoms with Crippen LogP contribution in [0.25, 0.3) is 6.08 Å². The molecular formula is C27H26N2O3S. The predicted octanol–water partition coefficient (Wildman–Crippen LogP) is 6.52. The fourth-order valence-corrected chi connectivity index (χ4v) is 4.62. The van der Waals surface area contributed by atoms with Crippen LogP contribution in [0.1, 0.15) is 23.6 Å². The van der Waals surface area contributed by atoms with Gasteiger partial charge in [0.25, 0.3) is 5.91 Å². The van der Waals surface area contributed by atoms with Crippen molar-refractivity contribution in [1.29, 1.82) is 0 Å². The number of benzene rings is 3. The van der Waals surface area contributed by atoms with Gasteiger partial charge in [-0.2, -0.15) is 0 Å². The second-order valence-corrected chi connectivity index (χ2v) is 8.64. The largest absolute Gasteiger partial charge is 0.492 e. The molecule has 1 aliphatic heterocycles. The Kier molecular flexibility index (Phi) is 6.84. The van der Waals surface area contributed by atoms with Crippen LogP contribution in [0, 0.1) is 13.8 Å². The maximum Gasteiger partial charge on any atom is 0.271 e. The summed E-state index contributed by atoms with van der Waals surface area (Å²) in [4.78, 5) is 20.6. The van der Waals surface area contributed by atoms with Gasteiger partial charge in [-0.25, -0.2) is 4.99 Å². The van der Waals surface area contributed by atoms with E-state index < -0.39 is 0 Å². The number of thioether (sulfide) groups is 1. The molecule has 168 valence electrons. The fourth-order valence-electron chi connectivity index (χ4n) is 3.63. The van der Waals surface area contributed by atoms with Crippen molar-refractivity contribution in [3.63, 3.8) is 0 Å². The van der Waals surface area contributed by atoms with Crippen molar-refractivity contribution in [3.8, 4) is 11.5 Å². The lowest BCUT2D eigenvalue weighted by Crippen LogP contribution is -2.28. The lowest BCUT2D eigenvalue weighted by Gasteiger charge is -2.16. The average Bonchev–Trinajstić information content (AvgIpc) is 3.08. The molecule has 0 bridgehead atoms. The van der Waals surface area contributed by atoms with Crippen LogP contribution in [0.5, 0.6) is 11.5 Å². The monoisotopic (exact) mass is 458 g/mol. The van der Waals surface area contributed by atoms with Crippen molar-refractivity contribution in [1.82, 2.24) is 0 Å². The second kappa shape index (κ2) is 9.96. The second-order valence-electron chi connectivity index (χ2n) is 7.64. The van der Waals surface area contributed by atoms with Gasteiger partial charge in [-0.05, 0) is 80.1 Å². The zero-order chi connectivity index (χ0) is 23.4. The third-order valence-electron chi connectivity index (χ3n) is 5.09. The van der Waals surface area contributed by atoms with Gasteiger partial charge >= 0.3 is 0 Å². The molecule has 1 heterocycles. The van der Waals surface area contributed by atoms with E-state index in [1.54, 1.807) is 12.0 Å². The minimum absolute atomic E-state index is 0.124. The minimum atomic E-state index is -0.124. The van der Waals surface area contributed by atoms with Gasteiger partial charge < -0.3 is 9.47 Å². The van der Waals surface area contributed by atoms with E-state index in [0.717, 1.165) is 28.1 Å². The highest BCUT2D eigenvalue weighted by atomic mass is 32.2. The molecular weight excluding hydrogens is 432 g/mol. The van der Waals surface area contributed by atoms with E-state index in [1.165, 1.54) is 11.8 Å². The van der Waals surface area contributed by atoms with Crippen molar-refractivity contribution >= 4 is 40.3 Å². The maximum atomic E-state index is 13.6. The van der Waals surface area contributed by atoms with Crippen LogP contribution < -0.4 is 14.4 Å². The molecule has 0 saturated carbocycles. The van der Waals surface area contributed by atoms with Gasteiger partial charge in [0.1, 0.15) is 0 Å². The first-order chi connectivity index (χ1) is 16.0. The molecule has 0 atom stereocenters. The van der Waals surface area contributed by atoms with E-state index in [4.69, 9.17) is 14.5 Å². The van der Waals surface area contributed by atoms with E-state index in [2.05, 4.69) is 0 Å². The van der Waals surface area contributed by atoms with E-state index in [9.17, 15) is 4.79 Å². The first-order valence-electron chi connectivity index (χ1n) is 10.8. The number of hydrogen-bond acceptors (Lipinski definition) is 5.